The third kappa shape index (κ3) is 4.60. The molecule has 0 amide bonds. The van der Waals surface area contributed by atoms with E-state index in [0.29, 0.717) is 37.3 Å². The first-order chi connectivity index (χ1) is 13.4. The summed E-state index contributed by atoms with van der Waals surface area (Å²) < 4.78 is 32.3. The molecule has 0 saturated carbocycles. The number of nitrogens with zero attached hydrogens (tertiary/aromatic N) is 2. The third-order valence-corrected chi connectivity index (χ3v) is 7.16. The van der Waals surface area contributed by atoms with E-state index in [4.69, 9.17) is 4.74 Å². The van der Waals surface area contributed by atoms with Gasteiger partial charge in [-0.1, -0.05) is 30.3 Å². The van der Waals surface area contributed by atoms with Gasteiger partial charge >= 0.3 is 5.97 Å². The lowest BCUT2D eigenvalue weighted by Crippen LogP contribution is -2.49. The maximum absolute atomic E-state index is 13.0. The number of benzene rings is 2. The van der Waals surface area contributed by atoms with E-state index in [1.807, 2.05) is 18.2 Å². The fourth-order valence-electron chi connectivity index (χ4n) is 3.45. The molecule has 2 aromatic carbocycles. The van der Waals surface area contributed by atoms with Gasteiger partial charge in [0.05, 0.1) is 17.6 Å². The van der Waals surface area contributed by atoms with Crippen molar-refractivity contribution >= 4 is 16.0 Å². The van der Waals surface area contributed by atoms with Crippen molar-refractivity contribution in [3.8, 4) is 0 Å². The zero-order valence-corrected chi connectivity index (χ0v) is 17.1. The smallest absolute Gasteiger partial charge is 0.337 e. The van der Waals surface area contributed by atoms with Crippen LogP contribution in [0.5, 0.6) is 0 Å². The van der Waals surface area contributed by atoms with Gasteiger partial charge in [0.2, 0.25) is 10.0 Å². The number of esters is 1. The number of aryl methyl sites for hydroxylation is 1. The highest BCUT2D eigenvalue weighted by Gasteiger charge is 2.29. The van der Waals surface area contributed by atoms with E-state index in [1.54, 1.807) is 13.0 Å². The summed E-state index contributed by atoms with van der Waals surface area (Å²) in [7, 11) is -2.27. The van der Waals surface area contributed by atoms with Crippen LogP contribution in [0.2, 0.25) is 0 Å². The Labute approximate surface area is 166 Å². The van der Waals surface area contributed by atoms with Crippen LogP contribution >= 0.6 is 0 Å². The van der Waals surface area contributed by atoms with Crippen molar-refractivity contribution in [2.24, 2.45) is 0 Å². The molecule has 0 atom stereocenters. The molecule has 0 N–H and O–H groups in total. The van der Waals surface area contributed by atoms with Gasteiger partial charge in [0.25, 0.3) is 0 Å². The topological polar surface area (TPSA) is 66.9 Å². The largest absolute Gasteiger partial charge is 0.465 e. The summed E-state index contributed by atoms with van der Waals surface area (Å²) in [5.74, 6) is -0.473. The average molecular weight is 403 g/mol. The fourth-order valence-corrected chi connectivity index (χ4v) is 5.08. The van der Waals surface area contributed by atoms with Crippen molar-refractivity contribution in [1.82, 2.24) is 9.21 Å². The first-order valence-electron chi connectivity index (χ1n) is 9.37. The molecule has 0 aliphatic carbocycles. The summed E-state index contributed by atoms with van der Waals surface area (Å²) in [5, 5.41) is 0. The molecular weight excluding hydrogens is 376 g/mol. The molecule has 1 heterocycles. The Hall–Kier alpha value is -2.22. The summed E-state index contributed by atoms with van der Waals surface area (Å²) in [6, 6.07) is 14.9. The van der Waals surface area contributed by atoms with Crippen LogP contribution in [-0.4, -0.2) is 63.4 Å². The predicted molar refractivity (Wildman–Crippen MR) is 108 cm³/mol. The molecule has 1 fully saturated rings. The van der Waals surface area contributed by atoms with Crippen LogP contribution in [0.3, 0.4) is 0 Å². The highest BCUT2D eigenvalue weighted by Crippen LogP contribution is 2.22. The average Bonchev–Trinajstić information content (AvgIpc) is 2.72. The van der Waals surface area contributed by atoms with Gasteiger partial charge in [-0.3, -0.25) is 0 Å². The van der Waals surface area contributed by atoms with Crippen molar-refractivity contribution in [2.45, 2.75) is 18.2 Å². The fraction of sp³-hybridized carbons (Fsp3) is 0.381. The molecule has 0 radical (unpaired) electrons. The Morgan fingerprint density at radius 3 is 2.32 bits per heavy atom. The van der Waals surface area contributed by atoms with Crippen LogP contribution in [-0.2, 0) is 21.2 Å². The maximum atomic E-state index is 13.0. The highest BCUT2D eigenvalue weighted by molar-refractivity contribution is 7.89. The van der Waals surface area contributed by atoms with Crippen LogP contribution < -0.4 is 0 Å². The molecule has 1 aliphatic heterocycles. The first kappa shape index (κ1) is 20.5. The molecule has 28 heavy (non-hydrogen) atoms. The minimum atomic E-state index is -3.58. The molecule has 3 rings (SSSR count). The molecule has 0 unspecified atom stereocenters. The Kier molecular flexibility index (Phi) is 6.49. The van der Waals surface area contributed by atoms with Gasteiger partial charge in [0.15, 0.2) is 0 Å². The predicted octanol–water partition coefficient (Wildman–Crippen LogP) is 2.33. The van der Waals surface area contributed by atoms with Crippen LogP contribution in [0, 0.1) is 6.92 Å². The van der Waals surface area contributed by atoms with Crippen molar-refractivity contribution in [3.05, 3.63) is 65.2 Å². The van der Waals surface area contributed by atoms with Gasteiger partial charge in [-0.2, -0.15) is 4.31 Å². The van der Waals surface area contributed by atoms with E-state index in [0.717, 1.165) is 13.0 Å². The SMILES string of the molecule is COC(=O)c1ccc(S(=O)(=O)N2CCN(CCc3ccccc3)CC2)c(C)c1. The van der Waals surface area contributed by atoms with E-state index >= 15 is 0 Å². The lowest BCUT2D eigenvalue weighted by Gasteiger charge is -2.34. The molecule has 7 heteroatoms. The number of methoxy groups -OCH3 is 1. The number of piperazine rings is 1. The molecule has 1 saturated heterocycles. The van der Waals surface area contributed by atoms with E-state index in [-0.39, 0.29) is 4.90 Å². The summed E-state index contributed by atoms with van der Waals surface area (Å²) in [6.45, 7) is 4.99. The molecule has 2 aromatic rings. The van der Waals surface area contributed by atoms with Crippen LogP contribution in [0.1, 0.15) is 21.5 Å². The number of sulfonamides is 1. The van der Waals surface area contributed by atoms with Gasteiger partial charge in [-0.25, -0.2) is 13.2 Å². The van der Waals surface area contributed by atoms with Crippen molar-refractivity contribution in [3.63, 3.8) is 0 Å². The monoisotopic (exact) mass is 402 g/mol. The normalized spacial score (nSPS) is 16.1. The highest BCUT2D eigenvalue weighted by atomic mass is 32.2. The van der Waals surface area contributed by atoms with Crippen molar-refractivity contribution in [1.29, 1.82) is 0 Å². The molecule has 1 aliphatic rings. The second-order valence-corrected chi connectivity index (χ2v) is 8.86. The minimum absolute atomic E-state index is 0.248. The quantitative estimate of drug-likeness (QED) is 0.694. The zero-order chi connectivity index (χ0) is 20.1. The number of hydrogen-bond donors (Lipinski definition) is 0. The zero-order valence-electron chi connectivity index (χ0n) is 16.3. The van der Waals surface area contributed by atoms with E-state index in [9.17, 15) is 13.2 Å². The molecule has 0 bridgehead atoms. The van der Waals surface area contributed by atoms with Crippen LogP contribution in [0.25, 0.3) is 0 Å². The Morgan fingerprint density at radius 1 is 1.04 bits per heavy atom. The summed E-state index contributed by atoms with van der Waals surface area (Å²) in [4.78, 5) is 14.2. The Bertz CT molecular complexity index is 921. The second kappa shape index (κ2) is 8.86. The number of ether oxygens (including phenoxy) is 1. The molecule has 0 aromatic heterocycles. The van der Waals surface area contributed by atoms with E-state index in [1.165, 1.54) is 29.1 Å². The maximum Gasteiger partial charge on any atom is 0.337 e. The lowest BCUT2D eigenvalue weighted by atomic mass is 10.1. The van der Waals surface area contributed by atoms with Crippen molar-refractivity contribution in [2.75, 3.05) is 39.8 Å². The summed E-state index contributed by atoms with van der Waals surface area (Å²) in [5.41, 5.74) is 2.19. The molecule has 6 nitrogen and oxygen atoms in total. The number of carbonyl (C=O) groups excluding carboxylic acids is 1. The summed E-state index contributed by atoms with van der Waals surface area (Å²) >= 11 is 0. The Morgan fingerprint density at radius 2 is 1.71 bits per heavy atom. The molecule has 0 spiro atoms. The molecular formula is C21H26N2O4S. The van der Waals surface area contributed by atoms with Gasteiger partial charge in [0.1, 0.15) is 0 Å². The van der Waals surface area contributed by atoms with Gasteiger partial charge in [-0.05, 0) is 42.7 Å². The first-order valence-corrected chi connectivity index (χ1v) is 10.8. The van der Waals surface area contributed by atoms with E-state index < -0.39 is 16.0 Å². The standard InChI is InChI=1S/C21H26N2O4S/c1-17-16-19(21(24)27-2)8-9-20(17)28(25,26)23-14-12-22(13-15-23)11-10-18-6-4-3-5-7-18/h3-9,16H,10-15H2,1-2H3. The third-order valence-electron chi connectivity index (χ3n) is 5.10. The molecule has 150 valence electrons. The van der Waals surface area contributed by atoms with E-state index in [2.05, 4.69) is 17.0 Å². The second-order valence-electron chi connectivity index (χ2n) is 6.95. The number of rotatable bonds is 6. The van der Waals surface area contributed by atoms with Gasteiger partial charge < -0.3 is 9.64 Å². The number of hydrogen-bond acceptors (Lipinski definition) is 5. The van der Waals surface area contributed by atoms with Crippen LogP contribution in [0.4, 0.5) is 0 Å². The number of carbonyl (C=O) groups is 1. The minimum Gasteiger partial charge on any atom is -0.465 e. The van der Waals surface area contributed by atoms with Crippen LogP contribution in [0.15, 0.2) is 53.4 Å². The summed E-state index contributed by atoms with van der Waals surface area (Å²) in [6.07, 6.45) is 0.960. The van der Waals surface area contributed by atoms with Crippen molar-refractivity contribution < 1.29 is 17.9 Å². The van der Waals surface area contributed by atoms with Gasteiger partial charge in [-0.15, -0.1) is 0 Å². The Balaban J connectivity index is 1.62. The van der Waals surface area contributed by atoms with Gasteiger partial charge in [0, 0.05) is 32.7 Å². The lowest BCUT2D eigenvalue weighted by molar-refractivity contribution is 0.0600.